The van der Waals surface area contributed by atoms with E-state index in [0.717, 1.165) is 12.1 Å². The van der Waals surface area contributed by atoms with Gasteiger partial charge in [-0.15, -0.1) is 0 Å². The second kappa shape index (κ2) is 5.87. The van der Waals surface area contributed by atoms with Gasteiger partial charge in [-0.2, -0.15) is 4.98 Å². The molecule has 1 saturated heterocycles. The number of amides is 1. The van der Waals surface area contributed by atoms with E-state index in [1.165, 1.54) is 0 Å². The lowest BCUT2D eigenvalue weighted by atomic mass is 10.2. The molecular weight excluding hydrogens is 270 g/mol. The van der Waals surface area contributed by atoms with Gasteiger partial charge in [-0.1, -0.05) is 0 Å². The van der Waals surface area contributed by atoms with Crippen LogP contribution in [0.2, 0.25) is 0 Å². The van der Waals surface area contributed by atoms with Crippen LogP contribution in [0.15, 0.2) is 6.07 Å². The van der Waals surface area contributed by atoms with Crippen LogP contribution < -0.4 is 4.74 Å². The van der Waals surface area contributed by atoms with Crippen LogP contribution in [-0.2, 0) is 4.74 Å². The molecule has 2 rings (SSSR count). The van der Waals surface area contributed by atoms with Crippen molar-refractivity contribution in [2.75, 3.05) is 13.1 Å². The summed E-state index contributed by atoms with van der Waals surface area (Å²) in [4.78, 5) is 22.1. The van der Waals surface area contributed by atoms with E-state index in [0.29, 0.717) is 24.8 Å². The van der Waals surface area contributed by atoms with Crippen LogP contribution in [0.1, 0.15) is 38.7 Å². The number of hydrogen-bond donors (Lipinski definition) is 0. The number of carbonyl (C=O) groups is 1. The van der Waals surface area contributed by atoms with E-state index >= 15 is 0 Å². The predicted molar refractivity (Wildman–Crippen MR) is 78.3 cm³/mol. The molecule has 0 bridgehead atoms. The highest BCUT2D eigenvalue weighted by molar-refractivity contribution is 5.68. The first kappa shape index (κ1) is 15.5. The van der Waals surface area contributed by atoms with E-state index in [9.17, 15) is 4.79 Å². The minimum Gasteiger partial charge on any atom is -0.472 e. The average molecular weight is 293 g/mol. The fraction of sp³-hybridized carbons (Fsp3) is 0.667. The summed E-state index contributed by atoms with van der Waals surface area (Å²) in [6.07, 6.45) is 0.441. The number of likely N-dealkylation sites (tertiary alicyclic amines) is 1. The molecule has 6 heteroatoms. The fourth-order valence-electron chi connectivity index (χ4n) is 2.23. The van der Waals surface area contributed by atoms with Gasteiger partial charge in [-0.05, 0) is 34.6 Å². The minimum atomic E-state index is -0.475. The maximum absolute atomic E-state index is 12.0. The van der Waals surface area contributed by atoms with Crippen LogP contribution in [0.25, 0.3) is 0 Å². The molecule has 1 aromatic heterocycles. The minimum absolute atomic E-state index is 0.0498. The fourth-order valence-corrected chi connectivity index (χ4v) is 2.23. The molecule has 21 heavy (non-hydrogen) atoms. The Morgan fingerprint density at radius 1 is 1.33 bits per heavy atom. The normalized spacial score (nSPS) is 18.7. The first-order chi connectivity index (χ1) is 9.73. The monoisotopic (exact) mass is 293 g/mol. The Balaban J connectivity index is 1.92. The van der Waals surface area contributed by atoms with Gasteiger partial charge < -0.3 is 14.4 Å². The van der Waals surface area contributed by atoms with Gasteiger partial charge in [-0.3, -0.25) is 0 Å². The zero-order valence-electron chi connectivity index (χ0n) is 13.3. The van der Waals surface area contributed by atoms with Gasteiger partial charge in [0.25, 0.3) is 0 Å². The maximum Gasteiger partial charge on any atom is 0.410 e. The molecule has 0 aliphatic carbocycles. The van der Waals surface area contributed by atoms with Crippen molar-refractivity contribution < 1.29 is 14.3 Å². The van der Waals surface area contributed by atoms with Crippen molar-refractivity contribution in [3.63, 3.8) is 0 Å². The molecule has 0 unspecified atom stereocenters. The van der Waals surface area contributed by atoms with Crippen LogP contribution in [0.5, 0.6) is 5.88 Å². The van der Waals surface area contributed by atoms with E-state index in [1.807, 2.05) is 40.7 Å². The van der Waals surface area contributed by atoms with E-state index in [-0.39, 0.29) is 12.2 Å². The summed E-state index contributed by atoms with van der Waals surface area (Å²) in [5.41, 5.74) is 0.399. The first-order valence-electron chi connectivity index (χ1n) is 7.20. The zero-order chi connectivity index (χ0) is 15.6. The number of hydrogen-bond acceptors (Lipinski definition) is 5. The Hall–Kier alpha value is -1.85. The number of aromatic nitrogens is 2. The number of rotatable bonds is 2. The molecule has 116 valence electrons. The molecule has 6 nitrogen and oxygen atoms in total. The van der Waals surface area contributed by atoms with Crippen molar-refractivity contribution in [2.45, 2.75) is 52.7 Å². The van der Waals surface area contributed by atoms with E-state index in [4.69, 9.17) is 9.47 Å². The zero-order valence-corrected chi connectivity index (χ0v) is 13.3. The van der Waals surface area contributed by atoms with Crippen LogP contribution in [-0.4, -0.2) is 45.8 Å². The SMILES string of the molecule is Cc1cc(O[C@@H]2CCN(C(=O)OC(C)(C)C)C2)nc(C)n1. The number of nitrogens with zero attached hydrogens (tertiary/aromatic N) is 3. The van der Waals surface area contributed by atoms with E-state index in [2.05, 4.69) is 9.97 Å². The van der Waals surface area contributed by atoms with Gasteiger partial charge in [-0.25, -0.2) is 9.78 Å². The van der Waals surface area contributed by atoms with Crippen LogP contribution in [0.3, 0.4) is 0 Å². The molecule has 0 spiro atoms. The van der Waals surface area contributed by atoms with Crippen molar-refractivity contribution in [2.24, 2.45) is 0 Å². The van der Waals surface area contributed by atoms with Crippen molar-refractivity contribution in [1.29, 1.82) is 0 Å². The van der Waals surface area contributed by atoms with Gasteiger partial charge in [0.2, 0.25) is 5.88 Å². The summed E-state index contributed by atoms with van der Waals surface area (Å²) in [7, 11) is 0. The Labute approximate surface area is 125 Å². The summed E-state index contributed by atoms with van der Waals surface area (Å²) in [6, 6.07) is 1.81. The molecule has 1 aromatic rings. The van der Waals surface area contributed by atoms with Crippen molar-refractivity contribution in [3.8, 4) is 5.88 Å². The Morgan fingerprint density at radius 2 is 2.05 bits per heavy atom. The van der Waals surface area contributed by atoms with Gasteiger partial charge in [0.05, 0.1) is 6.54 Å². The molecular formula is C15H23N3O3. The lowest BCUT2D eigenvalue weighted by Crippen LogP contribution is -2.36. The third kappa shape index (κ3) is 4.58. The molecule has 1 aliphatic heterocycles. The van der Waals surface area contributed by atoms with Crippen LogP contribution in [0, 0.1) is 13.8 Å². The van der Waals surface area contributed by atoms with Gasteiger partial charge >= 0.3 is 6.09 Å². The Bertz CT molecular complexity index is 505. The highest BCUT2D eigenvalue weighted by atomic mass is 16.6. The molecule has 0 radical (unpaired) electrons. The van der Waals surface area contributed by atoms with Crippen molar-refractivity contribution in [1.82, 2.24) is 14.9 Å². The third-order valence-corrected chi connectivity index (χ3v) is 3.03. The van der Waals surface area contributed by atoms with Crippen LogP contribution >= 0.6 is 0 Å². The quantitative estimate of drug-likeness (QED) is 0.838. The summed E-state index contributed by atoms with van der Waals surface area (Å²) >= 11 is 0. The molecule has 1 amide bonds. The summed E-state index contributed by atoms with van der Waals surface area (Å²) in [6.45, 7) is 10.5. The van der Waals surface area contributed by atoms with Crippen molar-refractivity contribution >= 4 is 6.09 Å². The number of ether oxygens (including phenoxy) is 2. The van der Waals surface area contributed by atoms with E-state index in [1.54, 1.807) is 4.90 Å². The summed E-state index contributed by atoms with van der Waals surface area (Å²) < 4.78 is 11.2. The maximum atomic E-state index is 12.0. The molecule has 1 atom stereocenters. The molecule has 1 fully saturated rings. The second-order valence-corrected chi connectivity index (χ2v) is 6.35. The van der Waals surface area contributed by atoms with Crippen molar-refractivity contribution in [3.05, 3.63) is 17.6 Å². The average Bonchev–Trinajstić information content (AvgIpc) is 2.73. The highest BCUT2D eigenvalue weighted by Gasteiger charge is 2.31. The standard InChI is InChI=1S/C15H23N3O3/c1-10-8-13(17-11(2)16-10)20-12-6-7-18(9-12)14(19)21-15(3,4)5/h8,12H,6-7,9H2,1-5H3/t12-/m1/s1. The topological polar surface area (TPSA) is 64.5 Å². The molecule has 0 N–H and O–H groups in total. The van der Waals surface area contributed by atoms with Gasteiger partial charge in [0.15, 0.2) is 0 Å². The molecule has 0 aromatic carbocycles. The number of aryl methyl sites for hydroxylation is 2. The first-order valence-corrected chi connectivity index (χ1v) is 7.20. The molecule has 1 aliphatic rings. The van der Waals surface area contributed by atoms with Crippen LogP contribution in [0.4, 0.5) is 4.79 Å². The highest BCUT2D eigenvalue weighted by Crippen LogP contribution is 2.19. The largest absolute Gasteiger partial charge is 0.472 e. The smallest absolute Gasteiger partial charge is 0.410 e. The third-order valence-electron chi connectivity index (χ3n) is 3.03. The lowest BCUT2D eigenvalue weighted by molar-refractivity contribution is 0.0275. The predicted octanol–water partition coefficient (Wildman–Crippen LogP) is 2.48. The molecule has 0 saturated carbocycles. The Kier molecular flexibility index (Phi) is 4.34. The molecule has 2 heterocycles. The summed E-state index contributed by atoms with van der Waals surface area (Å²) in [5.74, 6) is 1.25. The van der Waals surface area contributed by atoms with Gasteiger partial charge in [0, 0.05) is 24.7 Å². The number of carbonyl (C=O) groups excluding carboxylic acids is 1. The summed E-state index contributed by atoms with van der Waals surface area (Å²) in [5, 5.41) is 0. The second-order valence-electron chi connectivity index (χ2n) is 6.35. The van der Waals surface area contributed by atoms with Gasteiger partial charge in [0.1, 0.15) is 17.5 Å². The lowest BCUT2D eigenvalue weighted by Gasteiger charge is -2.24. The Morgan fingerprint density at radius 3 is 2.67 bits per heavy atom. The van der Waals surface area contributed by atoms with E-state index < -0.39 is 5.60 Å².